The highest BCUT2D eigenvalue weighted by Gasteiger charge is 2.28. The number of carbonyl (C=O) groups is 1. The Hall–Kier alpha value is -3.95. The van der Waals surface area contributed by atoms with E-state index in [0.29, 0.717) is 30.3 Å². The normalized spacial score (nSPS) is 16.0. The Morgan fingerprint density at radius 3 is 2.80 bits per heavy atom. The molecule has 1 atom stereocenters. The number of anilines is 2. The smallest absolute Gasteiger partial charge is 0.410 e. The number of nitrogen functional groups attached to an aromatic ring is 1. The summed E-state index contributed by atoms with van der Waals surface area (Å²) in [5, 5.41) is 3.32. The van der Waals surface area contributed by atoms with Crippen LogP contribution in [-0.4, -0.2) is 50.7 Å². The molecule has 1 aromatic carbocycles. The van der Waals surface area contributed by atoms with Crippen molar-refractivity contribution in [2.45, 2.75) is 45.3 Å². The molecule has 0 spiro atoms. The van der Waals surface area contributed by atoms with Crippen molar-refractivity contribution in [1.29, 1.82) is 0 Å². The van der Waals surface area contributed by atoms with Crippen molar-refractivity contribution in [3.05, 3.63) is 54.6 Å². The van der Waals surface area contributed by atoms with Gasteiger partial charge in [-0.2, -0.15) is 0 Å². The van der Waals surface area contributed by atoms with E-state index in [1.807, 2.05) is 20.8 Å². The number of aromatic nitrogens is 3. The van der Waals surface area contributed by atoms with Gasteiger partial charge in [-0.05, 0) is 63.9 Å². The van der Waals surface area contributed by atoms with Crippen molar-refractivity contribution >= 4 is 17.7 Å². The van der Waals surface area contributed by atoms with Crippen molar-refractivity contribution in [2.24, 2.45) is 0 Å². The number of carbonyl (C=O) groups excluding carboxylic acids is 1. The maximum Gasteiger partial charge on any atom is 0.410 e. The van der Waals surface area contributed by atoms with Crippen molar-refractivity contribution in [2.75, 3.05) is 24.1 Å². The third-order valence-corrected chi connectivity index (χ3v) is 5.31. The van der Waals surface area contributed by atoms with Gasteiger partial charge in [0.1, 0.15) is 5.60 Å². The van der Waals surface area contributed by atoms with E-state index in [1.165, 1.54) is 12.1 Å². The van der Waals surface area contributed by atoms with Crippen LogP contribution >= 0.6 is 0 Å². The van der Waals surface area contributed by atoms with Crippen LogP contribution in [0.3, 0.4) is 0 Å². The first-order valence-electron chi connectivity index (χ1n) is 11.4. The molecule has 9 nitrogen and oxygen atoms in total. The second-order valence-corrected chi connectivity index (χ2v) is 9.29. The van der Waals surface area contributed by atoms with Gasteiger partial charge < -0.3 is 25.4 Å². The number of likely N-dealkylation sites (tertiary alicyclic amines) is 1. The summed E-state index contributed by atoms with van der Waals surface area (Å²) >= 11 is 0. The molecule has 0 radical (unpaired) electrons. The standard InChI is InChI=1S/C25H29FN6O3/c1-25(2,3)35-24(33)32-14-6-7-16(15-32)30-23-29-13-11-19(31-23)17-8-5-12-28-22(17)34-20-10-4-9-18(27)21(20)26/h4-5,8-13,16H,6-7,14-15,27H2,1-3H3,(H,29,30,31)/t16-/m0/s1. The maximum absolute atomic E-state index is 14.4. The lowest BCUT2D eigenvalue weighted by atomic mass is 10.1. The quantitative estimate of drug-likeness (QED) is 0.497. The first-order chi connectivity index (χ1) is 16.7. The minimum Gasteiger partial charge on any atom is -0.444 e. The largest absolute Gasteiger partial charge is 0.444 e. The van der Waals surface area contributed by atoms with Gasteiger partial charge in [-0.1, -0.05) is 6.07 Å². The summed E-state index contributed by atoms with van der Waals surface area (Å²) in [6.45, 7) is 6.67. The molecule has 184 valence electrons. The van der Waals surface area contributed by atoms with Crippen LogP contribution in [0.25, 0.3) is 11.3 Å². The second kappa shape index (κ2) is 10.1. The van der Waals surface area contributed by atoms with Gasteiger partial charge in [-0.3, -0.25) is 0 Å². The van der Waals surface area contributed by atoms with E-state index in [2.05, 4.69) is 20.3 Å². The number of halogens is 1. The zero-order valence-electron chi connectivity index (χ0n) is 20.0. The van der Waals surface area contributed by atoms with Crippen LogP contribution in [0.4, 0.5) is 20.8 Å². The summed E-state index contributed by atoms with van der Waals surface area (Å²) < 4.78 is 25.6. The van der Waals surface area contributed by atoms with E-state index < -0.39 is 11.4 Å². The molecule has 1 saturated heterocycles. The van der Waals surface area contributed by atoms with Crippen LogP contribution < -0.4 is 15.8 Å². The summed E-state index contributed by atoms with van der Waals surface area (Å²) in [6, 6.07) is 9.76. The fourth-order valence-electron chi connectivity index (χ4n) is 3.73. The van der Waals surface area contributed by atoms with E-state index in [9.17, 15) is 9.18 Å². The molecule has 0 unspecified atom stereocenters. The number of nitrogens with one attached hydrogen (secondary N) is 1. The van der Waals surface area contributed by atoms with Gasteiger partial charge in [0.2, 0.25) is 11.8 Å². The number of amides is 1. The number of ether oxygens (including phenoxy) is 2. The number of hydrogen-bond donors (Lipinski definition) is 2. The van der Waals surface area contributed by atoms with E-state index in [1.54, 1.807) is 41.6 Å². The molecule has 2 aromatic heterocycles. The van der Waals surface area contributed by atoms with E-state index in [4.69, 9.17) is 15.2 Å². The topological polar surface area (TPSA) is 115 Å². The summed E-state index contributed by atoms with van der Waals surface area (Å²) in [7, 11) is 0. The molecule has 3 N–H and O–H groups in total. The van der Waals surface area contributed by atoms with Gasteiger partial charge in [0.05, 0.1) is 16.9 Å². The monoisotopic (exact) mass is 480 g/mol. The molecule has 0 bridgehead atoms. The number of nitrogens with zero attached hydrogens (tertiary/aromatic N) is 4. The molecule has 1 amide bonds. The van der Waals surface area contributed by atoms with Crippen molar-refractivity contribution in [3.8, 4) is 22.9 Å². The Labute approximate surface area is 203 Å². The second-order valence-electron chi connectivity index (χ2n) is 9.29. The highest BCUT2D eigenvalue weighted by molar-refractivity contribution is 5.68. The average molecular weight is 481 g/mol. The Kier molecular flexibility index (Phi) is 6.99. The minimum atomic E-state index is -0.652. The van der Waals surface area contributed by atoms with Crippen molar-refractivity contribution in [3.63, 3.8) is 0 Å². The number of nitrogens with two attached hydrogens (primary N) is 1. The Morgan fingerprint density at radius 1 is 1.17 bits per heavy atom. The Balaban J connectivity index is 1.50. The molecule has 3 heterocycles. The van der Waals surface area contributed by atoms with Gasteiger partial charge in [0.15, 0.2) is 11.6 Å². The van der Waals surface area contributed by atoms with Crippen LogP contribution in [0, 0.1) is 5.82 Å². The van der Waals surface area contributed by atoms with Crippen molar-refractivity contribution < 1.29 is 18.7 Å². The zero-order valence-corrected chi connectivity index (χ0v) is 20.0. The first kappa shape index (κ1) is 24.2. The van der Waals surface area contributed by atoms with Crippen LogP contribution in [0.15, 0.2) is 48.8 Å². The molecule has 1 aliphatic heterocycles. The maximum atomic E-state index is 14.4. The summed E-state index contributed by atoms with van der Waals surface area (Å²) in [5.41, 5.74) is 6.21. The van der Waals surface area contributed by atoms with Gasteiger partial charge >= 0.3 is 6.09 Å². The van der Waals surface area contributed by atoms with E-state index >= 15 is 0 Å². The van der Waals surface area contributed by atoms with E-state index in [0.717, 1.165) is 12.8 Å². The highest BCUT2D eigenvalue weighted by atomic mass is 19.1. The molecule has 35 heavy (non-hydrogen) atoms. The molecule has 1 fully saturated rings. The molecule has 0 aliphatic carbocycles. The molecule has 1 aliphatic rings. The molecule has 3 aromatic rings. The highest BCUT2D eigenvalue weighted by Crippen LogP contribution is 2.33. The fraction of sp³-hybridized carbons (Fsp3) is 0.360. The third-order valence-electron chi connectivity index (χ3n) is 5.31. The number of benzene rings is 1. The number of rotatable bonds is 5. The van der Waals surface area contributed by atoms with Crippen LogP contribution in [0.2, 0.25) is 0 Å². The SMILES string of the molecule is CC(C)(C)OC(=O)N1CCC[C@H](Nc2nccc(-c3cccnc3Oc3cccc(N)c3F)n2)C1. The molecular formula is C25H29FN6O3. The van der Waals surface area contributed by atoms with E-state index in [-0.39, 0.29) is 29.5 Å². The minimum absolute atomic E-state index is 0.0126. The van der Waals surface area contributed by atoms with Gasteiger partial charge in [0, 0.05) is 31.5 Å². The predicted octanol–water partition coefficient (Wildman–Crippen LogP) is 4.86. The lowest BCUT2D eigenvalue weighted by molar-refractivity contribution is 0.0206. The molecule has 0 saturated carbocycles. The number of hydrogen-bond acceptors (Lipinski definition) is 8. The average Bonchev–Trinajstić information content (AvgIpc) is 2.82. The van der Waals surface area contributed by atoms with Crippen LogP contribution in [-0.2, 0) is 4.74 Å². The summed E-state index contributed by atoms with van der Waals surface area (Å²) in [6.07, 6.45) is 4.55. The molecular weight excluding hydrogens is 451 g/mol. The predicted molar refractivity (Wildman–Crippen MR) is 131 cm³/mol. The first-order valence-corrected chi connectivity index (χ1v) is 11.4. The molecule has 4 rings (SSSR count). The zero-order chi connectivity index (χ0) is 25.0. The lowest BCUT2D eigenvalue weighted by Crippen LogP contribution is -2.47. The molecule has 10 heteroatoms. The number of pyridine rings is 1. The van der Waals surface area contributed by atoms with Gasteiger partial charge in [-0.25, -0.2) is 24.1 Å². The Bertz CT molecular complexity index is 1200. The van der Waals surface area contributed by atoms with Crippen LogP contribution in [0.1, 0.15) is 33.6 Å². The fourth-order valence-corrected chi connectivity index (χ4v) is 3.73. The third kappa shape index (κ3) is 6.14. The van der Waals surface area contributed by atoms with Gasteiger partial charge in [0.25, 0.3) is 0 Å². The number of piperidine rings is 1. The van der Waals surface area contributed by atoms with Gasteiger partial charge in [-0.15, -0.1) is 0 Å². The van der Waals surface area contributed by atoms with Crippen molar-refractivity contribution in [1.82, 2.24) is 19.9 Å². The van der Waals surface area contributed by atoms with Crippen LogP contribution in [0.5, 0.6) is 11.6 Å². The summed E-state index contributed by atoms with van der Waals surface area (Å²) in [5.74, 6) is -0.0818. The Morgan fingerprint density at radius 2 is 2.00 bits per heavy atom. The summed E-state index contributed by atoms with van der Waals surface area (Å²) in [4.78, 5) is 27.4. The lowest BCUT2D eigenvalue weighted by Gasteiger charge is -2.34.